The number of nitrogens with zero attached hydrogens (tertiary/aromatic N) is 3. The van der Waals surface area contributed by atoms with E-state index in [1.54, 1.807) is 24.3 Å². The molecule has 192 valence electrons. The summed E-state index contributed by atoms with van der Waals surface area (Å²) in [5, 5.41) is 4.81. The summed E-state index contributed by atoms with van der Waals surface area (Å²) < 4.78 is 66.0. The van der Waals surface area contributed by atoms with E-state index in [1.807, 2.05) is 18.4 Å². The number of rotatable bonds is 7. The highest BCUT2D eigenvalue weighted by Crippen LogP contribution is 2.32. The Kier molecular flexibility index (Phi) is 8.07. The number of hydrazone groups is 1. The smallest absolute Gasteiger partial charge is 0.316 e. The zero-order valence-corrected chi connectivity index (χ0v) is 21.6. The van der Waals surface area contributed by atoms with Crippen LogP contribution in [0.25, 0.3) is 5.69 Å². The Morgan fingerprint density at radius 1 is 1.14 bits per heavy atom. The van der Waals surface area contributed by atoms with Crippen molar-refractivity contribution < 1.29 is 26.4 Å². The lowest BCUT2D eigenvalue weighted by atomic mass is 10.2. The van der Waals surface area contributed by atoms with Gasteiger partial charge in [0, 0.05) is 22.0 Å². The average molecular weight is 561 g/mol. The van der Waals surface area contributed by atoms with Gasteiger partial charge in [0.05, 0.1) is 34.4 Å². The van der Waals surface area contributed by atoms with Crippen LogP contribution in [0, 0.1) is 13.8 Å². The van der Waals surface area contributed by atoms with Crippen LogP contribution in [0.5, 0.6) is 0 Å². The minimum absolute atomic E-state index is 0.296. The van der Waals surface area contributed by atoms with Gasteiger partial charge in [0.1, 0.15) is 6.54 Å². The highest BCUT2D eigenvalue weighted by molar-refractivity contribution is 7.92. The van der Waals surface area contributed by atoms with Gasteiger partial charge in [-0.25, -0.2) is 13.8 Å². The molecular formula is C23H21Cl2F3N4O3S. The number of anilines is 1. The molecule has 1 aromatic heterocycles. The lowest BCUT2D eigenvalue weighted by Crippen LogP contribution is -2.39. The summed E-state index contributed by atoms with van der Waals surface area (Å²) in [7, 11) is -4.07. The number of carbonyl (C=O) groups excluding carboxylic acids is 1. The summed E-state index contributed by atoms with van der Waals surface area (Å²) >= 11 is 12.3. The number of carbonyl (C=O) groups is 1. The van der Waals surface area contributed by atoms with Crippen LogP contribution in [0.4, 0.5) is 18.9 Å². The number of alkyl halides is 3. The van der Waals surface area contributed by atoms with Gasteiger partial charge in [-0.2, -0.15) is 18.3 Å². The van der Waals surface area contributed by atoms with Crippen LogP contribution in [0.15, 0.2) is 53.6 Å². The minimum Gasteiger partial charge on any atom is -0.316 e. The molecule has 1 amide bonds. The van der Waals surface area contributed by atoms with E-state index in [4.69, 9.17) is 23.2 Å². The van der Waals surface area contributed by atoms with Crippen molar-refractivity contribution in [3.05, 3.63) is 81.1 Å². The van der Waals surface area contributed by atoms with E-state index in [9.17, 15) is 26.4 Å². The van der Waals surface area contributed by atoms with Gasteiger partial charge in [0.15, 0.2) is 0 Å². The van der Waals surface area contributed by atoms with Crippen molar-refractivity contribution >= 4 is 51.0 Å². The molecule has 0 aliphatic carbocycles. The molecule has 0 unspecified atom stereocenters. The van der Waals surface area contributed by atoms with Gasteiger partial charge in [-0.1, -0.05) is 29.3 Å². The van der Waals surface area contributed by atoms with Crippen LogP contribution < -0.4 is 9.73 Å². The topological polar surface area (TPSA) is 83.8 Å². The molecule has 0 aliphatic heterocycles. The van der Waals surface area contributed by atoms with Crippen molar-refractivity contribution in [2.75, 3.05) is 17.1 Å². The van der Waals surface area contributed by atoms with Gasteiger partial charge in [-0.05, 0) is 56.3 Å². The number of amides is 1. The highest BCUT2D eigenvalue weighted by Gasteiger charge is 2.32. The summed E-state index contributed by atoms with van der Waals surface area (Å²) in [4.78, 5) is 12.4. The minimum atomic E-state index is -4.67. The Balaban J connectivity index is 1.78. The zero-order valence-electron chi connectivity index (χ0n) is 19.3. The third-order valence-electron chi connectivity index (χ3n) is 5.16. The van der Waals surface area contributed by atoms with E-state index in [1.165, 1.54) is 12.3 Å². The van der Waals surface area contributed by atoms with Gasteiger partial charge in [-0.3, -0.25) is 9.10 Å². The van der Waals surface area contributed by atoms with E-state index < -0.39 is 34.2 Å². The first-order chi connectivity index (χ1) is 16.7. The second-order valence-corrected chi connectivity index (χ2v) is 10.6. The van der Waals surface area contributed by atoms with Crippen molar-refractivity contribution in [2.45, 2.75) is 20.0 Å². The Hall–Kier alpha value is -3.02. The van der Waals surface area contributed by atoms with Crippen molar-refractivity contribution in [2.24, 2.45) is 5.10 Å². The lowest BCUT2D eigenvalue weighted by molar-refractivity contribution is -0.137. The van der Waals surface area contributed by atoms with Gasteiger partial charge in [0.25, 0.3) is 5.91 Å². The number of halogens is 5. The van der Waals surface area contributed by atoms with Crippen molar-refractivity contribution in [1.82, 2.24) is 9.99 Å². The molecule has 0 saturated heterocycles. The monoisotopic (exact) mass is 560 g/mol. The van der Waals surface area contributed by atoms with E-state index in [2.05, 4.69) is 10.5 Å². The fourth-order valence-electron chi connectivity index (χ4n) is 3.53. The first-order valence-electron chi connectivity index (χ1n) is 10.3. The zero-order chi connectivity index (χ0) is 26.8. The predicted octanol–water partition coefficient (Wildman–Crippen LogP) is 5.34. The first-order valence-corrected chi connectivity index (χ1v) is 12.9. The fourth-order valence-corrected chi connectivity index (χ4v) is 4.87. The normalized spacial score (nSPS) is 12.2. The van der Waals surface area contributed by atoms with Crippen LogP contribution in [-0.4, -0.2) is 37.9 Å². The van der Waals surface area contributed by atoms with Gasteiger partial charge in [-0.15, -0.1) is 0 Å². The number of hydrogen-bond acceptors (Lipinski definition) is 4. The number of aryl methyl sites for hydroxylation is 1. The van der Waals surface area contributed by atoms with E-state index in [0.717, 1.165) is 29.8 Å². The Bertz CT molecular complexity index is 1440. The molecule has 0 bridgehead atoms. The Morgan fingerprint density at radius 3 is 2.44 bits per heavy atom. The predicted molar refractivity (Wildman–Crippen MR) is 135 cm³/mol. The lowest BCUT2D eigenvalue weighted by Gasteiger charge is -2.22. The van der Waals surface area contributed by atoms with Crippen LogP contribution in [-0.2, 0) is 21.0 Å². The summed E-state index contributed by atoms with van der Waals surface area (Å²) in [5.41, 5.74) is 3.82. The molecule has 13 heteroatoms. The third kappa shape index (κ3) is 6.40. The summed E-state index contributed by atoms with van der Waals surface area (Å²) in [6.45, 7) is 2.91. The maximum atomic E-state index is 13.0. The largest absolute Gasteiger partial charge is 0.416 e. The van der Waals surface area contributed by atoms with Crippen molar-refractivity contribution in [3.63, 3.8) is 0 Å². The first kappa shape index (κ1) is 27.6. The number of aromatic nitrogens is 1. The second-order valence-electron chi connectivity index (χ2n) is 7.87. The van der Waals surface area contributed by atoms with E-state index in [-0.39, 0.29) is 5.69 Å². The Morgan fingerprint density at radius 2 is 1.83 bits per heavy atom. The molecule has 7 nitrogen and oxygen atoms in total. The van der Waals surface area contributed by atoms with E-state index >= 15 is 0 Å². The molecule has 3 rings (SSSR count). The van der Waals surface area contributed by atoms with Crippen LogP contribution >= 0.6 is 23.2 Å². The van der Waals surface area contributed by atoms with Gasteiger partial charge >= 0.3 is 6.18 Å². The highest BCUT2D eigenvalue weighted by atomic mass is 35.5. The van der Waals surface area contributed by atoms with E-state index in [0.29, 0.717) is 31.7 Å². The molecule has 1 heterocycles. The molecule has 0 atom stereocenters. The number of sulfonamides is 1. The van der Waals surface area contributed by atoms with Gasteiger partial charge in [0.2, 0.25) is 10.0 Å². The molecule has 0 fully saturated rings. The molecule has 36 heavy (non-hydrogen) atoms. The molecule has 0 saturated carbocycles. The van der Waals surface area contributed by atoms with Crippen LogP contribution in [0.2, 0.25) is 10.0 Å². The molecule has 0 aliphatic rings. The van der Waals surface area contributed by atoms with Crippen LogP contribution in [0.1, 0.15) is 22.5 Å². The quantitative estimate of drug-likeness (QED) is 0.313. The molecular weight excluding hydrogens is 540 g/mol. The SMILES string of the molecule is Cc1cc(/C=N\NC(=O)CN(c2cccc(C(F)(F)F)c2)S(C)(=O)=O)c(C)n1-c1ccc(Cl)cc1Cl. The molecule has 2 aromatic carbocycles. The Labute approximate surface area is 216 Å². The third-order valence-corrected chi connectivity index (χ3v) is 6.84. The second kappa shape index (κ2) is 10.5. The summed E-state index contributed by atoms with van der Waals surface area (Å²) in [5.74, 6) is -0.844. The van der Waals surface area contributed by atoms with Crippen LogP contribution in [0.3, 0.4) is 0 Å². The van der Waals surface area contributed by atoms with Gasteiger partial charge < -0.3 is 4.57 Å². The number of nitrogens with one attached hydrogen (secondary N) is 1. The average Bonchev–Trinajstić information content (AvgIpc) is 3.04. The van der Waals surface area contributed by atoms with Crippen molar-refractivity contribution in [3.8, 4) is 5.69 Å². The summed E-state index contributed by atoms with van der Waals surface area (Å²) in [6, 6.07) is 10.6. The maximum absolute atomic E-state index is 13.0. The molecule has 1 N–H and O–H groups in total. The molecule has 0 radical (unpaired) electrons. The maximum Gasteiger partial charge on any atom is 0.416 e. The van der Waals surface area contributed by atoms with Crippen molar-refractivity contribution in [1.29, 1.82) is 0 Å². The standard InChI is InChI=1S/C23H21Cl2F3N4O3S/c1-14-9-16(15(2)32(14)21-8-7-18(24)11-20(21)25)12-29-30-22(33)13-31(36(3,34)35)19-6-4-5-17(10-19)23(26,27)28/h4-12H,13H2,1-3H3,(H,30,33)/b29-12-. The number of hydrogen-bond donors (Lipinski definition) is 1. The fraction of sp³-hybridized carbons (Fsp3) is 0.217. The summed E-state index contributed by atoms with van der Waals surface area (Å²) in [6.07, 6.45) is -2.51. The molecule has 3 aromatic rings. The molecule has 0 spiro atoms. The number of benzene rings is 2.